The Morgan fingerprint density at radius 1 is 1.33 bits per heavy atom. The molecule has 0 aromatic carbocycles. The Morgan fingerprint density at radius 3 is 2.22 bits per heavy atom. The average Bonchev–Trinajstić information content (AvgIpc) is 2.24. The lowest BCUT2D eigenvalue weighted by molar-refractivity contribution is -0.194. The Hall–Kier alpha value is -0.980. The fraction of sp³-hybridized carbons (Fsp3) is 0.800. The molecule has 0 saturated heterocycles. The highest BCUT2D eigenvalue weighted by Gasteiger charge is 2.35. The van der Waals surface area contributed by atoms with Crippen LogP contribution in [0.5, 0.6) is 0 Å². The number of esters is 2. The summed E-state index contributed by atoms with van der Waals surface area (Å²) in [4.78, 5) is 21.2. The predicted octanol–water partition coefficient (Wildman–Crippen LogP) is 2.43. The summed E-state index contributed by atoms with van der Waals surface area (Å²) in [5.41, 5.74) is 0. The maximum absolute atomic E-state index is 11.8. The molecule has 0 spiro atoms. The molecule has 8 heteroatoms. The molecule has 0 rings (SSSR count). The van der Waals surface area contributed by atoms with Crippen LogP contribution in [0.15, 0.2) is 0 Å². The monoisotopic (exact) mass is 290 g/mol. The van der Waals surface area contributed by atoms with Gasteiger partial charge in [0.25, 0.3) is 0 Å². The van der Waals surface area contributed by atoms with Crippen LogP contribution in [-0.4, -0.2) is 35.7 Å². The van der Waals surface area contributed by atoms with Crippen molar-refractivity contribution in [2.45, 2.75) is 44.3 Å². The van der Waals surface area contributed by atoms with Gasteiger partial charge in [-0.3, -0.25) is 4.79 Å². The Labute approximate surface area is 107 Å². The van der Waals surface area contributed by atoms with Crippen molar-refractivity contribution >= 4 is 23.5 Å². The lowest BCUT2D eigenvalue weighted by atomic mass is 10.1. The van der Waals surface area contributed by atoms with E-state index in [9.17, 15) is 22.8 Å². The highest BCUT2D eigenvalue weighted by molar-refractivity contribution is 6.33. The van der Waals surface area contributed by atoms with Gasteiger partial charge in [0.2, 0.25) is 0 Å². The first-order valence-corrected chi connectivity index (χ1v) is 5.51. The first kappa shape index (κ1) is 17.0. The molecule has 0 heterocycles. The van der Waals surface area contributed by atoms with E-state index in [0.717, 1.165) is 6.92 Å². The van der Waals surface area contributed by atoms with Gasteiger partial charge in [-0.2, -0.15) is 13.2 Å². The van der Waals surface area contributed by atoms with Crippen molar-refractivity contribution in [1.82, 2.24) is 0 Å². The molecule has 2 atom stereocenters. The zero-order valence-electron chi connectivity index (χ0n) is 10.1. The van der Waals surface area contributed by atoms with Gasteiger partial charge in [-0.1, -0.05) is 6.92 Å². The molecule has 0 radical (unpaired) electrons. The molecule has 0 bridgehead atoms. The Kier molecular flexibility index (Phi) is 5.92. The smallest absolute Gasteiger partial charge is 0.422 e. The standard InChI is InChI=1S/C10H14ClF3O4/c1-4-9(3,11)8(16)18-6(2)7(15)17-5-10(12,13)14/h6H,4-5H2,1-3H3. The zero-order chi connectivity index (χ0) is 14.6. The minimum Gasteiger partial charge on any atom is -0.453 e. The van der Waals surface area contributed by atoms with Gasteiger partial charge in [-0.15, -0.1) is 11.6 Å². The summed E-state index contributed by atoms with van der Waals surface area (Å²) in [5.74, 6) is -2.16. The number of hydrogen-bond acceptors (Lipinski definition) is 4. The largest absolute Gasteiger partial charge is 0.453 e. The molecule has 106 valence electrons. The lowest BCUT2D eigenvalue weighted by Crippen LogP contribution is -2.37. The minimum absolute atomic E-state index is 0.248. The molecule has 0 saturated carbocycles. The highest BCUT2D eigenvalue weighted by atomic mass is 35.5. The Morgan fingerprint density at radius 2 is 1.83 bits per heavy atom. The number of ether oxygens (including phenoxy) is 2. The zero-order valence-corrected chi connectivity index (χ0v) is 10.9. The van der Waals surface area contributed by atoms with Crippen molar-refractivity contribution < 1.29 is 32.2 Å². The van der Waals surface area contributed by atoms with E-state index in [2.05, 4.69) is 9.47 Å². The molecule has 4 nitrogen and oxygen atoms in total. The van der Waals surface area contributed by atoms with Crippen molar-refractivity contribution in [2.24, 2.45) is 0 Å². The molecule has 0 aliphatic carbocycles. The summed E-state index contributed by atoms with van der Waals surface area (Å²) in [7, 11) is 0. The molecule has 0 fully saturated rings. The predicted molar refractivity (Wildman–Crippen MR) is 57.1 cm³/mol. The van der Waals surface area contributed by atoms with E-state index in [1.165, 1.54) is 6.92 Å². The van der Waals surface area contributed by atoms with Gasteiger partial charge < -0.3 is 9.47 Å². The van der Waals surface area contributed by atoms with E-state index in [0.29, 0.717) is 0 Å². The van der Waals surface area contributed by atoms with Crippen LogP contribution in [-0.2, 0) is 19.1 Å². The summed E-state index contributed by atoms with van der Waals surface area (Å²) in [5, 5.41) is 0. The Bertz CT molecular complexity index is 315. The third-order valence-corrected chi connectivity index (χ3v) is 2.50. The fourth-order valence-corrected chi connectivity index (χ4v) is 0.791. The van der Waals surface area contributed by atoms with Crippen LogP contribution < -0.4 is 0 Å². The maximum atomic E-state index is 11.8. The van der Waals surface area contributed by atoms with Crippen molar-refractivity contribution in [3.05, 3.63) is 0 Å². The van der Waals surface area contributed by atoms with E-state index < -0.39 is 35.7 Å². The molecule has 18 heavy (non-hydrogen) atoms. The van der Waals surface area contributed by atoms with Crippen LogP contribution >= 0.6 is 11.6 Å². The first-order chi connectivity index (χ1) is 7.99. The van der Waals surface area contributed by atoms with Crippen LogP contribution in [0.3, 0.4) is 0 Å². The second kappa shape index (κ2) is 6.26. The molecular weight excluding hydrogens is 277 g/mol. The molecule has 0 aliphatic rings. The quantitative estimate of drug-likeness (QED) is 0.576. The molecule has 0 N–H and O–H groups in total. The van der Waals surface area contributed by atoms with Gasteiger partial charge in [-0.25, -0.2) is 4.79 Å². The third kappa shape index (κ3) is 6.09. The van der Waals surface area contributed by atoms with Crippen molar-refractivity contribution in [3.8, 4) is 0 Å². The number of carbonyl (C=O) groups excluding carboxylic acids is 2. The van der Waals surface area contributed by atoms with E-state index in [1.807, 2.05) is 0 Å². The minimum atomic E-state index is -4.62. The van der Waals surface area contributed by atoms with E-state index in [-0.39, 0.29) is 6.42 Å². The van der Waals surface area contributed by atoms with Gasteiger partial charge in [0.15, 0.2) is 12.7 Å². The van der Waals surface area contributed by atoms with E-state index >= 15 is 0 Å². The molecule has 0 aromatic heterocycles. The second-order valence-electron chi connectivity index (χ2n) is 3.82. The van der Waals surface area contributed by atoms with Gasteiger partial charge in [0.05, 0.1) is 0 Å². The summed E-state index contributed by atoms with van der Waals surface area (Å²) in [6.07, 6.45) is -5.81. The third-order valence-electron chi connectivity index (χ3n) is 2.08. The van der Waals surface area contributed by atoms with E-state index in [1.54, 1.807) is 6.92 Å². The Balaban J connectivity index is 4.29. The number of hydrogen-bond donors (Lipinski definition) is 0. The second-order valence-corrected chi connectivity index (χ2v) is 4.66. The van der Waals surface area contributed by atoms with Crippen LogP contribution in [0.2, 0.25) is 0 Å². The molecule has 0 amide bonds. The average molecular weight is 291 g/mol. The van der Waals surface area contributed by atoms with Crippen LogP contribution in [0.4, 0.5) is 13.2 Å². The lowest BCUT2D eigenvalue weighted by Gasteiger charge is -2.20. The molecule has 2 unspecified atom stereocenters. The van der Waals surface area contributed by atoms with Crippen molar-refractivity contribution in [1.29, 1.82) is 0 Å². The molecule has 0 aliphatic heterocycles. The molecular formula is C10H14ClF3O4. The van der Waals surface area contributed by atoms with Gasteiger partial charge in [0, 0.05) is 0 Å². The fourth-order valence-electron chi connectivity index (χ4n) is 0.746. The molecule has 0 aromatic rings. The number of halogens is 4. The van der Waals surface area contributed by atoms with Crippen LogP contribution in [0, 0.1) is 0 Å². The number of carbonyl (C=O) groups is 2. The van der Waals surface area contributed by atoms with Crippen LogP contribution in [0.1, 0.15) is 27.2 Å². The number of rotatable bonds is 5. The van der Waals surface area contributed by atoms with Crippen molar-refractivity contribution in [3.63, 3.8) is 0 Å². The maximum Gasteiger partial charge on any atom is 0.422 e. The normalized spacial score (nSPS) is 16.6. The summed E-state index contributed by atoms with van der Waals surface area (Å²) in [6, 6.07) is 0. The SMILES string of the molecule is CCC(C)(Cl)C(=O)OC(C)C(=O)OCC(F)(F)F. The van der Waals surface area contributed by atoms with Gasteiger partial charge in [0.1, 0.15) is 4.87 Å². The van der Waals surface area contributed by atoms with Gasteiger partial charge in [-0.05, 0) is 20.3 Å². The number of alkyl halides is 4. The summed E-state index contributed by atoms with van der Waals surface area (Å²) in [6.45, 7) is 2.39. The van der Waals surface area contributed by atoms with E-state index in [4.69, 9.17) is 11.6 Å². The first-order valence-electron chi connectivity index (χ1n) is 5.13. The highest BCUT2D eigenvalue weighted by Crippen LogP contribution is 2.21. The topological polar surface area (TPSA) is 52.6 Å². The summed E-state index contributed by atoms with van der Waals surface area (Å²) < 4.78 is 43.9. The van der Waals surface area contributed by atoms with Crippen molar-refractivity contribution in [2.75, 3.05) is 6.61 Å². The van der Waals surface area contributed by atoms with Crippen LogP contribution in [0.25, 0.3) is 0 Å². The summed E-state index contributed by atoms with van der Waals surface area (Å²) >= 11 is 5.76. The van der Waals surface area contributed by atoms with Gasteiger partial charge >= 0.3 is 18.1 Å².